The summed E-state index contributed by atoms with van der Waals surface area (Å²) in [4.78, 5) is 11.4. The van der Waals surface area contributed by atoms with Crippen LogP contribution in [0.4, 0.5) is 0 Å². The minimum absolute atomic E-state index is 0.115. The molecule has 16 heavy (non-hydrogen) atoms. The van der Waals surface area contributed by atoms with Crippen LogP contribution in [0.15, 0.2) is 16.9 Å². The molecule has 0 bridgehead atoms. The third-order valence-electron chi connectivity index (χ3n) is 2.87. The topological polar surface area (TPSA) is 35.5 Å². The normalized spacial score (nSPS) is 10.8. The maximum Gasteiger partial charge on any atom is 0.190 e. The largest absolute Gasteiger partial charge is 0.496 e. The van der Waals surface area contributed by atoms with E-state index in [2.05, 4.69) is 0 Å². The van der Waals surface area contributed by atoms with Crippen LogP contribution in [-0.4, -0.2) is 14.2 Å². The van der Waals surface area contributed by atoms with E-state index in [0.29, 0.717) is 0 Å². The summed E-state index contributed by atoms with van der Waals surface area (Å²) < 4.78 is 10.5. The van der Waals surface area contributed by atoms with Crippen LogP contribution >= 0.6 is 0 Å². The number of hydrogen-bond donors (Lipinski definition) is 0. The van der Waals surface area contributed by atoms with Crippen molar-refractivity contribution >= 4 is 0 Å². The van der Waals surface area contributed by atoms with E-state index in [1.807, 2.05) is 26.0 Å². The first kappa shape index (κ1) is 10.7. The summed E-state index contributed by atoms with van der Waals surface area (Å²) in [5.41, 5.74) is 3.51. The molecule has 0 atom stereocenters. The lowest BCUT2D eigenvalue weighted by molar-refractivity contribution is 0.402. The van der Waals surface area contributed by atoms with E-state index in [1.54, 1.807) is 14.2 Å². The minimum atomic E-state index is 0.115. The van der Waals surface area contributed by atoms with Gasteiger partial charge < -0.3 is 9.47 Å². The molecule has 0 radical (unpaired) electrons. The molecule has 0 unspecified atom stereocenters. The Kier molecular flexibility index (Phi) is 2.46. The van der Waals surface area contributed by atoms with Crippen LogP contribution < -0.4 is 14.9 Å². The Bertz CT molecular complexity index is 545. The van der Waals surface area contributed by atoms with Gasteiger partial charge in [0.15, 0.2) is 5.43 Å². The van der Waals surface area contributed by atoms with E-state index in [9.17, 15) is 4.79 Å². The van der Waals surface area contributed by atoms with Crippen molar-refractivity contribution < 1.29 is 9.47 Å². The number of hydrogen-bond acceptors (Lipinski definition) is 3. The van der Waals surface area contributed by atoms with Crippen molar-refractivity contribution in [3.8, 4) is 22.6 Å². The highest BCUT2D eigenvalue weighted by Crippen LogP contribution is 2.37. The van der Waals surface area contributed by atoms with Crippen LogP contribution in [0.5, 0.6) is 11.5 Å². The Morgan fingerprint density at radius 3 is 2.00 bits per heavy atom. The van der Waals surface area contributed by atoms with Crippen LogP contribution in [0.25, 0.3) is 11.1 Å². The molecule has 0 N–H and O–H groups in total. The predicted octanol–water partition coefficient (Wildman–Crippen LogP) is 2.22. The Morgan fingerprint density at radius 1 is 1.00 bits per heavy atom. The van der Waals surface area contributed by atoms with Gasteiger partial charge in [-0.05, 0) is 31.5 Å². The third-order valence-corrected chi connectivity index (χ3v) is 2.87. The lowest BCUT2D eigenvalue weighted by atomic mass is 10.1. The molecule has 0 amide bonds. The molecule has 0 fully saturated rings. The molecular weight excluding hydrogens is 204 g/mol. The van der Waals surface area contributed by atoms with E-state index in [0.717, 1.165) is 33.8 Å². The molecule has 0 aromatic heterocycles. The number of rotatable bonds is 3. The Labute approximate surface area is 94.3 Å². The minimum Gasteiger partial charge on any atom is -0.496 e. The van der Waals surface area contributed by atoms with Gasteiger partial charge >= 0.3 is 0 Å². The molecule has 0 aliphatic rings. The summed E-state index contributed by atoms with van der Waals surface area (Å²) >= 11 is 0. The third kappa shape index (κ3) is 1.48. The molecule has 0 spiro atoms. The zero-order chi connectivity index (χ0) is 11.9. The molecule has 0 saturated heterocycles. The summed E-state index contributed by atoms with van der Waals surface area (Å²) in [5.74, 6) is 1.49. The van der Waals surface area contributed by atoms with Gasteiger partial charge in [-0.2, -0.15) is 0 Å². The van der Waals surface area contributed by atoms with Gasteiger partial charge in [-0.25, -0.2) is 0 Å². The monoisotopic (exact) mass is 218 g/mol. The molecule has 84 valence electrons. The van der Waals surface area contributed by atoms with Gasteiger partial charge in [-0.15, -0.1) is 0 Å². The van der Waals surface area contributed by atoms with Crippen LogP contribution in [0.1, 0.15) is 11.1 Å². The Hall–Kier alpha value is -1.77. The average molecular weight is 218 g/mol. The zero-order valence-electron chi connectivity index (χ0n) is 9.88. The van der Waals surface area contributed by atoms with Crippen molar-refractivity contribution in [2.45, 2.75) is 13.8 Å². The Morgan fingerprint density at radius 2 is 1.56 bits per heavy atom. The fourth-order valence-corrected chi connectivity index (χ4v) is 1.83. The Balaban J connectivity index is 2.59. The maximum absolute atomic E-state index is 11.4. The van der Waals surface area contributed by atoms with Gasteiger partial charge in [0.05, 0.1) is 14.2 Å². The molecule has 2 aromatic rings. The predicted molar refractivity (Wildman–Crippen MR) is 63.1 cm³/mol. The molecule has 3 heteroatoms. The molecule has 2 rings (SSSR count). The number of benzene rings is 1. The van der Waals surface area contributed by atoms with E-state index in [-0.39, 0.29) is 5.43 Å². The van der Waals surface area contributed by atoms with Crippen molar-refractivity contribution in [1.29, 1.82) is 0 Å². The number of aryl methyl sites for hydroxylation is 1. The highest BCUT2D eigenvalue weighted by Gasteiger charge is 2.23. The van der Waals surface area contributed by atoms with Crippen molar-refractivity contribution in [3.63, 3.8) is 0 Å². The van der Waals surface area contributed by atoms with E-state index >= 15 is 0 Å². The van der Waals surface area contributed by atoms with Crippen molar-refractivity contribution in [2.24, 2.45) is 0 Å². The second-order valence-corrected chi connectivity index (χ2v) is 3.85. The first-order chi connectivity index (χ1) is 7.60. The highest BCUT2D eigenvalue weighted by molar-refractivity contribution is 5.81. The smallest absolute Gasteiger partial charge is 0.190 e. The van der Waals surface area contributed by atoms with Gasteiger partial charge in [-0.3, -0.25) is 4.79 Å². The summed E-state index contributed by atoms with van der Waals surface area (Å²) in [6.45, 7) is 3.77. The van der Waals surface area contributed by atoms with Crippen LogP contribution in [0, 0.1) is 13.8 Å². The van der Waals surface area contributed by atoms with Gasteiger partial charge in [0.25, 0.3) is 0 Å². The fourth-order valence-electron chi connectivity index (χ4n) is 1.83. The zero-order valence-corrected chi connectivity index (χ0v) is 9.88. The van der Waals surface area contributed by atoms with E-state index in [4.69, 9.17) is 9.47 Å². The quantitative estimate of drug-likeness (QED) is 0.792. The van der Waals surface area contributed by atoms with Crippen molar-refractivity contribution in [3.05, 3.63) is 33.5 Å². The fraction of sp³-hybridized carbons (Fsp3) is 0.308. The molecular formula is C13H14O3. The first-order valence-electron chi connectivity index (χ1n) is 5.08. The van der Waals surface area contributed by atoms with Gasteiger partial charge in [-0.1, -0.05) is 0 Å². The second-order valence-electron chi connectivity index (χ2n) is 3.85. The summed E-state index contributed by atoms with van der Waals surface area (Å²) in [7, 11) is 3.22. The number of methoxy groups -OCH3 is 2. The summed E-state index contributed by atoms with van der Waals surface area (Å²) in [5, 5.41) is 0. The molecule has 0 aliphatic heterocycles. The molecule has 0 aliphatic carbocycles. The first-order valence-corrected chi connectivity index (χ1v) is 5.08. The number of ether oxygens (including phenoxy) is 2. The van der Waals surface area contributed by atoms with Gasteiger partial charge in [0.2, 0.25) is 0 Å². The molecule has 3 nitrogen and oxygen atoms in total. The summed E-state index contributed by atoms with van der Waals surface area (Å²) in [6, 6.07) is 3.75. The SMILES string of the molecule is COc1cc(-c2c(C)c2=O)c(OC)cc1C. The van der Waals surface area contributed by atoms with E-state index < -0.39 is 0 Å². The molecule has 2 aromatic carbocycles. The standard InChI is InChI=1S/C13H14O3/c1-7-5-11(16-4)9(6-10(7)15-3)12-8(2)13(12)14/h5-6H,1-4H3. The van der Waals surface area contributed by atoms with Gasteiger partial charge in [0.1, 0.15) is 11.5 Å². The van der Waals surface area contributed by atoms with Crippen LogP contribution in [0.3, 0.4) is 0 Å². The van der Waals surface area contributed by atoms with Gasteiger partial charge in [0, 0.05) is 16.7 Å². The van der Waals surface area contributed by atoms with E-state index in [1.165, 1.54) is 0 Å². The average Bonchev–Trinajstić information content (AvgIpc) is 2.86. The lowest BCUT2D eigenvalue weighted by Crippen LogP contribution is -1.92. The maximum atomic E-state index is 11.4. The molecule has 0 heterocycles. The van der Waals surface area contributed by atoms with Crippen LogP contribution in [0.2, 0.25) is 0 Å². The van der Waals surface area contributed by atoms with Crippen molar-refractivity contribution in [2.75, 3.05) is 14.2 Å². The van der Waals surface area contributed by atoms with Crippen molar-refractivity contribution in [1.82, 2.24) is 0 Å². The lowest BCUT2D eigenvalue weighted by Gasteiger charge is -2.10. The molecule has 0 saturated carbocycles. The van der Waals surface area contributed by atoms with Crippen LogP contribution in [-0.2, 0) is 0 Å². The highest BCUT2D eigenvalue weighted by atomic mass is 16.5. The second kappa shape index (κ2) is 3.67. The summed E-state index contributed by atoms with van der Waals surface area (Å²) in [6.07, 6.45) is 0.